The molecule has 3 aromatic rings. The molecule has 7 N–H and O–H groups in total. The van der Waals surface area contributed by atoms with Crippen molar-refractivity contribution in [3.8, 4) is 11.5 Å². The highest BCUT2D eigenvalue weighted by atomic mass is 19.2. The number of aliphatic hydroxyl groups is 4. The van der Waals surface area contributed by atoms with E-state index in [0.29, 0.717) is 5.39 Å². The van der Waals surface area contributed by atoms with Crippen molar-refractivity contribution < 1.29 is 48.5 Å². The highest BCUT2D eigenvalue weighted by molar-refractivity contribution is 5.93. The first-order chi connectivity index (χ1) is 15.8. The van der Waals surface area contributed by atoms with Crippen LogP contribution in [0.2, 0.25) is 0 Å². The van der Waals surface area contributed by atoms with Gasteiger partial charge in [0, 0.05) is 11.5 Å². The van der Waals surface area contributed by atoms with E-state index in [1.165, 1.54) is 31.4 Å². The summed E-state index contributed by atoms with van der Waals surface area (Å²) in [5, 5.41) is 41.4. The molecule has 1 aromatic heterocycles. The summed E-state index contributed by atoms with van der Waals surface area (Å²) in [5.74, 6) is -1.94. The van der Waals surface area contributed by atoms with Gasteiger partial charge in [-0.1, -0.05) is 6.07 Å². The lowest BCUT2D eigenvalue weighted by molar-refractivity contribution is -0.0981. The van der Waals surface area contributed by atoms with Crippen molar-refractivity contribution in [2.45, 2.75) is 24.5 Å². The van der Waals surface area contributed by atoms with Crippen LogP contribution < -0.4 is 14.8 Å². The van der Waals surface area contributed by atoms with E-state index in [4.69, 9.17) is 14.6 Å². The molecule has 4 atom stereocenters. The van der Waals surface area contributed by atoms with Gasteiger partial charge in [-0.25, -0.2) is 23.1 Å². The molecule has 0 spiro atoms. The van der Waals surface area contributed by atoms with Gasteiger partial charge in [0.1, 0.15) is 24.4 Å². The van der Waals surface area contributed by atoms with Gasteiger partial charge in [0.05, 0.1) is 31.5 Å². The summed E-state index contributed by atoms with van der Waals surface area (Å²) in [6.45, 7) is -1.83. The Morgan fingerprint density at radius 3 is 2.41 bits per heavy atom. The zero-order valence-corrected chi connectivity index (χ0v) is 17.8. The molecule has 0 fully saturated rings. The summed E-state index contributed by atoms with van der Waals surface area (Å²) in [6.07, 6.45) is -6.36. The molecule has 186 valence electrons. The van der Waals surface area contributed by atoms with Crippen molar-refractivity contribution in [1.82, 2.24) is 9.97 Å². The Labute approximate surface area is 191 Å². The molecular formula is C21H24F3N3O7. The van der Waals surface area contributed by atoms with E-state index in [9.17, 15) is 28.5 Å². The van der Waals surface area contributed by atoms with Crippen LogP contribution in [0.3, 0.4) is 0 Å². The second-order valence-electron chi connectivity index (χ2n) is 6.99. The van der Waals surface area contributed by atoms with E-state index in [0.717, 1.165) is 12.4 Å². The number of hydrogen-bond acceptors (Lipinski definition) is 9. The molecule has 0 saturated carbocycles. The normalized spacial score (nSPS) is 14.6. The average molecular weight is 487 g/mol. The van der Waals surface area contributed by atoms with Gasteiger partial charge in [0.15, 0.2) is 35.4 Å². The van der Waals surface area contributed by atoms with E-state index < -0.39 is 49.3 Å². The summed E-state index contributed by atoms with van der Waals surface area (Å²) in [5.41, 5.74) is 0.113. The van der Waals surface area contributed by atoms with Crippen molar-refractivity contribution >= 4 is 22.4 Å². The molecule has 0 saturated heterocycles. The van der Waals surface area contributed by atoms with Crippen LogP contribution >= 0.6 is 0 Å². The lowest BCUT2D eigenvalue weighted by Crippen LogP contribution is -2.48. The van der Waals surface area contributed by atoms with E-state index in [1.807, 2.05) is 0 Å². The third-order valence-electron chi connectivity index (χ3n) is 4.86. The summed E-state index contributed by atoms with van der Waals surface area (Å²) in [7, 11) is 1.31. The summed E-state index contributed by atoms with van der Waals surface area (Å²) >= 11 is 0. The summed E-state index contributed by atoms with van der Waals surface area (Å²) in [4.78, 5) is 8.14. The highest BCUT2D eigenvalue weighted by Gasteiger charge is 2.34. The number of nitrogens with one attached hydrogen (secondary N) is 1. The van der Waals surface area contributed by atoms with Gasteiger partial charge in [0.25, 0.3) is 0 Å². The van der Waals surface area contributed by atoms with Crippen LogP contribution in [-0.2, 0) is 0 Å². The number of ether oxygens (including phenoxy) is 2. The number of aromatic nitrogens is 2. The maximum atomic E-state index is 14.1. The zero-order chi connectivity index (χ0) is 24.1. The van der Waals surface area contributed by atoms with Gasteiger partial charge in [-0.15, -0.1) is 0 Å². The first kappa shape index (κ1) is 27.0. The molecule has 0 aliphatic rings. The Hall–Kier alpha value is -3.23. The Bertz CT molecular complexity index is 1110. The molecule has 1 heterocycles. The lowest BCUT2D eigenvalue weighted by atomic mass is 10.0. The molecule has 0 bridgehead atoms. The van der Waals surface area contributed by atoms with Crippen LogP contribution in [0.15, 0.2) is 36.7 Å². The van der Waals surface area contributed by atoms with Crippen LogP contribution in [0.25, 0.3) is 10.9 Å². The van der Waals surface area contributed by atoms with Crippen LogP contribution in [0.1, 0.15) is 0 Å². The van der Waals surface area contributed by atoms with E-state index in [2.05, 4.69) is 15.3 Å². The van der Waals surface area contributed by atoms with Gasteiger partial charge in [-0.05, 0) is 18.2 Å². The van der Waals surface area contributed by atoms with Crippen LogP contribution in [-0.4, -0.2) is 80.7 Å². The summed E-state index contributed by atoms with van der Waals surface area (Å²) < 4.78 is 52.0. The van der Waals surface area contributed by atoms with Gasteiger partial charge >= 0.3 is 0 Å². The molecule has 0 aliphatic carbocycles. The number of methoxy groups -OCH3 is 1. The first-order valence-corrected chi connectivity index (χ1v) is 9.73. The van der Waals surface area contributed by atoms with E-state index >= 15 is 0 Å². The minimum Gasteiger partial charge on any atom is -0.493 e. The molecule has 34 heavy (non-hydrogen) atoms. The molecule has 10 nitrogen and oxygen atoms in total. The number of halogens is 3. The first-order valence-electron chi connectivity index (χ1n) is 9.73. The predicted molar refractivity (Wildman–Crippen MR) is 115 cm³/mol. The smallest absolute Gasteiger partial charge is 0.182 e. The van der Waals surface area contributed by atoms with Crippen molar-refractivity contribution in [3.05, 3.63) is 48.3 Å². The van der Waals surface area contributed by atoms with Crippen molar-refractivity contribution in [2.24, 2.45) is 0 Å². The molecule has 0 aliphatic heterocycles. The molecule has 0 unspecified atom stereocenters. The monoisotopic (exact) mass is 487 g/mol. The SMILES string of the molecule is COc1cc2c(Nc3cccc(F)c3F)ncnc2cc1O[C@H](CO)[C@H](O)[C@@H](O)[C@H](F)CO.O. The predicted octanol–water partition coefficient (Wildman–Crippen LogP) is 0.627. The number of nitrogens with zero attached hydrogens (tertiary/aromatic N) is 2. The quantitative estimate of drug-likeness (QED) is 0.275. The van der Waals surface area contributed by atoms with Crippen LogP contribution in [0.4, 0.5) is 24.7 Å². The maximum absolute atomic E-state index is 14.1. The Morgan fingerprint density at radius 1 is 1.03 bits per heavy atom. The number of alkyl halides is 1. The Morgan fingerprint density at radius 2 is 1.76 bits per heavy atom. The van der Waals surface area contributed by atoms with Gasteiger partial charge in [0.2, 0.25) is 0 Å². The minimum atomic E-state index is -2.15. The molecule has 13 heteroatoms. The van der Waals surface area contributed by atoms with E-state index in [1.54, 1.807) is 0 Å². The Balaban J connectivity index is 0.00000408. The fraction of sp³-hybridized carbons (Fsp3) is 0.333. The number of benzene rings is 2. The van der Waals surface area contributed by atoms with Crippen molar-refractivity contribution in [2.75, 3.05) is 25.6 Å². The van der Waals surface area contributed by atoms with Gasteiger partial charge < -0.3 is 40.7 Å². The molecule has 0 radical (unpaired) electrons. The maximum Gasteiger partial charge on any atom is 0.182 e. The summed E-state index contributed by atoms with van der Waals surface area (Å²) in [6, 6.07) is 6.41. The largest absolute Gasteiger partial charge is 0.493 e. The second-order valence-corrected chi connectivity index (χ2v) is 6.99. The molecule has 0 amide bonds. The number of hydrogen-bond donors (Lipinski definition) is 5. The molecular weight excluding hydrogens is 463 g/mol. The topological polar surface area (TPSA) is 169 Å². The number of anilines is 2. The minimum absolute atomic E-state index is 0. The zero-order valence-electron chi connectivity index (χ0n) is 17.8. The molecule has 2 aromatic carbocycles. The number of aliphatic hydroxyl groups excluding tert-OH is 4. The lowest BCUT2D eigenvalue weighted by Gasteiger charge is -2.28. The van der Waals surface area contributed by atoms with E-state index in [-0.39, 0.29) is 34.0 Å². The van der Waals surface area contributed by atoms with Crippen LogP contribution in [0, 0.1) is 11.6 Å². The third kappa shape index (κ3) is 5.63. The fourth-order valence-corrected chi connectivity index (χ4v) is 3.06. The van der Waals surface area contributed by atoms with Crippen LogP contribution in [0.5, 0.6) is 11.5 Å². The standard InChI is InChI=1S/C21H22F3N3O6.H2O/c1-32-15-5-10-14(6-16(15)33-17(8-29)20(31)19(30)12(23)7-28)25-9-26-21(10)27-13-4-2-3-11(22)18(13)24;/h2-6,9,12,17,19-20,28-31H,7-8H2,1H3,(H,25,26,27);1H2/t12-,17-,19+,20+;/m1./s1. The number of fused-ring (bicyclic) bond motifs is 1. The Kier molecular flexibility index (Phi) is 9.35. The number of rotatable bonds is 10. The average Bonchev–Trinajstić information content (AvgIpc) is 2.83. The molecule has 3 rings (SSSR count). The van der Waals surface area contributed by atoms with Crippen molar-refractivity contribution in [1.29, 1.82) is 0 Å². The van der Waals surface area contributed by atoms with Crippen molar-refractivity contribution in [3.63, 3.8) is 0 Å². The highest BCUT2D eigenvalue weighted by Crippen LogP contribution is 2.36. The second kappa shape index (κ2) is 11.8. The van der Waals surface area contributed by atoms with Gasteiger partial charge in [-0.3, -0.25) is 0 Å². The third-order valence-corrected chi connectivity index (χ3v) is 4.86. The fourth-order valence-electron chi connectivity index (χ4n) is 3.06. The van der Waals surface area contributed by atoms with Gasteiger partial charge in [-0.2, -0.15) is 0 Å².